The summed E-state index contributed by atoms with van der Waals surface area (Å²) in [6.45, 7) is 5.06. The van der Waals surface area contributed by atoms with E-state index in [0.717, 1.165) is 6.08 Å². The van der Waals surface area contributed by atoms with Crippen molar-refractivity contribution in [1.82, 2.24) is 0 Å². The topological polar surface area (TPSA) is 101 Å². The molecule has 0 heterocycles. The van der Waals surface area contributed by atoms with Crippen LogP contribution in [0.25, 0.3) is 0 Å². The number of carboxylic acid groups (broad SMARTS) is 2. The van der Waals surface area contributed by atoms with Gasteiger partial charge in [-0.1, -0.05) is 19.9 Å². The van der Waals surface area contributed by atoms with Crippen molar-refractivity contribution in [3.05, 3.63) is 12.7 Å². The van der Waals surface area contributed by atoms with Gasteiger partial charge in [0, 0.05) is 18.9 Å². The highest BCUT2D eigenvalue weighted by molar-refractivity contribution is 5.87. The number of unbranched alkanes of at least 4 members (excludes halogenated alkanes) is 1. The zero-order valence-electron chi connectivity index (χ0n) is 10.3. The maximum atomic E-state index is 11.3. The molecule has 0 aliphatic heterocycles. The van der Waals surface area contributed by atoms with Gasteiger partial charge in [0.2, 0.25) is 5.60 Å². The molecule has 2 N–H and O–H groups in total. The van der Waals surface area contributed by atoms with Gasteiger partial charge < -0.3 is 14.9 Å². The highest BCUT2D eigenvalue weighted by atomic mass is 16.6. The van der Waals surface area contributed by atoms with Crippen molar-refractivity contribution in [2.45, 2.75) is 44.6 Å². The fourth-order valence-corrected chi connectivity index (χ4v) is 1.49. The minimum atomic E-state index is -1.78. The summed E-state index contributed by atoms with van der Waals surface area (Å²) in [5, 5.41) is 17.8. The lowest BCUT2D eigenvalue weighted by Crippen LogP contribution is -2.43. The standard InChI is InChI=1S/C12H18O6/c1-3-5-7-12(11(16)17,8-6-9(13)14)18-10(15)4-2/h4H,2-3,5-8H2,1H3,(H,13,14)(H,16,17). The number of hydrogen-bond acceptors (Lipinski definition) is 4. The van der Waals surface area contributed by atoms with Crippen LogP contribution in [0.2, 0.25) is 0 Å². The Morgan fingerprint density at radius 1 is 1.28 bits per heavy atom. The fourth-order valence-electron chi connectivity index (χ4n) is 1.49. The van der Waals surface area contributed by atoms with Crippen molar-refractivity contribution in [3.8, 4) is 0 Å². The van der Waals surface area contributed by atoms with Gasteiger partial charge in [-0.15, -0.1) is 0 Å². The van der Waals surface area contributed by atoms with Gasteiger partial charge in [-0.3, -0.25) is 4.79 Å². The van der Waals surface area contributed by atoms with E-state index in [9.17, 15) is 19.5 Å². The Kier molecular flexibility index (Phi) is 6.70. The first-order valence-corrected chi connectivity index (χ1v) is 5.68. The van der Waals surface area contributed by atoms with E-state index < -0.39 is 23.5 Å². The van der Waals surface area contributed by atoms with Crippen LogP contribution in [0.15, 0.2) is 12.7 Å². The van der Waals surface area contributed by atoms with Crippen molar-refractivity contribution >= 4 is 17.9 Å². The van der Waals surface area contributed by atoms with E-state index in [1.54, 1.807) is 0 Å². The molecule has 0 aromatic rings. The predicted octanol–water partition coefficient (Wildman–Crippen LogP) is 1.59. The molecule has 0 aliphatic carbocycles. The summed E-state index contributed by atoms with van der Waals surface area (Å²) in [5.74, 6) is -3.32. The Morgan fingerprint density at radius 3 is 2.28 bits per heavy atom. The van der Waals surface area contributed by atoms with Crippen LogP contribution in [-0.4, -0.2) is 33.7 Å². The van der Waals surface area contributed by atoms with Gasteiger partial charge >= 0.3 is 17.9 Å². The van der Waals surface area contributed by atoms with Crippen LogP contribution in [0.5, 0.6) is 0 Å². The lowest BCUT2D eigenvalue weighted by atomic mass is 9.91. The lowest BCUT2D eigenvalue weighted by Gasteiger charge is -2.28. The Morgan fingerprint density at radius 2 is 1.89 bits per heavy atom. The molecule has 0 aliphatic rings. The number of aliphatic carboxylic acids is 2. The average Bonchev–Trinajstić information content (AvgIpc) is 2.32. The number of rotatable bonds is 9. The molecule has 0 fully saturated rings. The van der Waals surface area contributed by atoms with Crippen LogP contribution < -0.4 is 0 Å². The molecule has 1 atom stereocenters. The third-order valence-corrected chi connectivity index (χ3v) is 2.53. The van der Waals surface area contributed by atoms with E-state index in [1.807, 2.05) is 6.92 Å². The van der Waals surface area contributed by atoms with Crippen LogP contribution in [-0.2, 0) is 19.1 Å². The number of ether oxygens (including phenoxy) is 1. The fraction of sp³-hybridized carbons (Fsp3) is 0.583. The van der Waals surface area contributed by atoms with Crippen molar-refractivity contribution in [3.63, 3.8) is 0 Å². The summed E-state index contributed by atoms with van der Waals surface area (Å²) < 4.78 is 4.88. The van der Waals surface area contributed by atoms with E-state index in [4.69, 9.17) is 9.84 Å². The second-order valence-corrected chi connectivity index (χ2v) is 3.92. The summed E-state index contributed by atoms with van der Waals surface area (Å²) in [6.07, 6.45) is 1.57. The number of esters is 1. The van der Waals surface area contributed by atoms with E-state index in [0.29, 0.717) is 12.8 Å². The lowest BCUT2D eigenvalue weighted by molar-refractivity contribution is -0.178. The molecule has 102 valence electrons. The van der Waals surface area contributed by atoms with Crippen LogP contribution >= 0.6 is 0 Å². The maximum absolute atomic E-state index is 11.3. The first-order chi connectivity index (χ1) is 8.38. The molecular formula is C12H18O6. The van der Waals surface area contributed by atoms with Gasteiger partial charge in [-0.05, 0) is 12.8 Å². The second kappa shape index (κ2) is 7.47. The third-order valence-electron chi connectivity index (χ3n) is 2.53. The number of carboxylic acids is 2. The molecule has 6 heteroatoms. The number of carbonyl (C=O) groups is 3. The zero-order chi connectivity index (χ0) is 14.2. The zero-order valence-corrected chi connectivity index (χ0v) is 10.3. The molecule has 0 saturated heterocycles. The van der Waals surface area contributed by atoms with Gasteiger partial charge in [0.25, 0.3) is 0 Å². The van der Waals surface area contributed by atoms with Crippen LogP contribution in [0.3, 0.4) is 0 Å². The van der Waals surface area contributed by atoms with Gasteiger partial charge in [0.1, 0.15) is 0 Å². The smallest absolute Gasteiger partial charge is 0.348 e. The van der Waals surface area contributed by atoms with E-state index in [-0.39, 0.29) is 19.3 Å². The second-order valence-electron chi connectivity index (χ2n) is 3.92. The van der Waals surface area contributed by atoms with Crippen molar-refractivity contribution < 1.29 is 29.3 Å². The molecule has 18 heavy (non-hydrogen) atoms. The maximum Gasteiger partial charge on any atom is 0.348 e. The quantitative estimate of drug-likeness (QED) is 0.481. The van der Waals surface area contributed by atoms with Gasteiger partial charge in [-0.25, -0.2) is 9.59 Å². The predicted molar refractivity (Wildman–Crippen MR) is 63.1 cm³/mol. The van der Waals surface area contributed by atoms with Crippen LogP contribution in [0, 0.1) is 0 Å². The minimum Gasteiger partial charge on any atom is -0.481 e. The van der Waals surface area contributed by atoms with E-state index in [1.165, 1.54) is 0 Å². The highest BCUT2D eigenvalue weighted by Gasteiger charge is 2.41. The molecule has 1 unspecified atom stereocenters. The molecule has 0 aromatic carbocycles. The van der Waals surface area contributed by atoms with Crippen molar-refractivity contribution in [2.24, 2.45) is 0 Å². The normalized spacial score (nSPS) is 13.4. The van der Waals surface area contributed by atoms with E-state index in [2.05, 4.69) is 6.58 Å². The molecule has 0 radical (unpaired) electrons. The molecule has 6 nitrogen and oxygen atoms in total. The SMILES string of the molecule is C=CC(=O)OC(CCCC)(CCC(=O)O)C(=O)O. The summed E-state index contributed by atoms with van der Waals surface area (Å²) in [4.78, 5) is 33.0. The highest BCUT2D eigenvalue weighted by Crippen LogP contribution is 2.26. The molecule has 0 aromatic heterocycles. The molecule has 0 amide bonds. The summed E-state index contributed by atoms with van der Waals surface area (Å²) in [7, 11) is 0. The molecule has 0 rings (SSSR count). The van der Waals surface area contributed by atoms with E-state index >= 15 is 0 Å². The summed E-state index contributed by atoms with van der Waals surface area (Å²) in [6, 6.07) is 0. The number of hydrogen-bond donors (Lipinski definition) is 2. The Hall–Kier alpha value is -1.85. The first-order valence-electron chi connectivity index (χ1n) is 5.68. The first kappa shape index (κ1) is 16.1. The Labute approximate surface area is 105 Å². The van der Waals surface area contributed by atoms with Gasteiger partial charge in [-0.2, -0.15) is 0 Å². The third kappa shape index (κ3) is 4.99. The minimum absolute atomic E-state index is 0.0890. The van der Waals surface area contributed by atoms with Gasteiger partial charge in [0.05, 0.1) is 0 Å². The number of carbonyl (C=O) groups excluding carboxylic acids is 1. The summed E-state index contributed by atoms with van der Waals surface area (Å²) in [5.41, 5.74) is -1.78. The van der Waals surface area contributed by atoms with Crippen molar-refractivity contribution in [2.75, 3.05) is 0 Å². The molecular weight excluding hydrogens is 240 g/mol. The summed E-state index contributed by atoms with van der Waals surface area (Å²) >= 11 is 0. The molecule has 0 bridgehead atoms. The molecule has 0 spiro atoms. The largest absolute Gasteiger partial charge is 0.481 e. The Balaban J connectivity index is 5.00. The average molecular weight is 258 g/mol. The molecule has 0 saturated carbocycles. The Bertz CT molecular complexity index is 335. The van der Waals surface area contributed by atoms with Gasteiger partial charge in [0.15, 0.2) is 0 Å². The van der Waals surface area contributed by atoms with Crippen LogP contribution in [0.4, 0.5) is 0 Å². The van der Waals surface area contributed by atoms with Crippen molar-refractivity contribution in [1.29, 1.82) is 0 Å². The monoisotopic (exact) mass is 258 g/mol. The van der Waals surface area contributed by atoms with Crippen LogP contribution in [0.1, 0.15) is 39.0 Å².